The van der Waals surface area contributed by atoms with Crippen LogP contribution >= 0.6 is 11.3 Å². The van der Waals surface area contributed by atoms with Gasteiger partial charge in [-0.05, 0) is 41.6 Å². The van der Waals surface area contributed by atoms with Crippen LogP contribution in [-0.2, 0) is 19.6 Å². The van der Waals surface area contributed by atoms with Gasteiger partial charge in [0.05, 0.1) is 16.9 Å². The van der Waals surface area contributed by atoms with E-state index < -0.39 is 15.9 Å². The maximum absolute atomic E-state index is 12.9. The Labute approximate surface area is 194 Å². The van der Waals surface area contributed by atoms with Crippen LogP contribution in [0.1, 0.15) is 45.0 Å². The van der Waals surface area contributed by atoms with Crippen LogP contribution < -0.4 is 10.2 Å². The standard InChI is InChI=1S/C23H31N3O4S2/c1-5-25(6-2)32(29,30)19-11-9-18(10-12-19)26-15-17(14-21(26)27)23(28)24-22(16(3)4)20-8-7-13-31-20/h7-13,16-17,22H,5-6,14-15H2,1-4H3,(H,24,28). The number of amides is 2. The average Bonchev–Trinajstić information content (AvgIpc) is 3.42. The van der Waals surface area contributed by atoms with E-state index in [2.05, 4.69) is 19.2 Å². The quantitative estimate of drug-likeness (QED) is 0.597. The van der Waals surface area contributed by atoms with E-state index in [9.17, 15) is 18.0 Å². The summed E-state index contributed by atoms with van der Waals surface area (Å²) < 4.78 is 26.8. The summed E-state index contributed by atoms with van der Waals surface area (Å²) in [6, 6.07) is 10.2. The van der Waals surface area contributed by atoms with Gasteiger partial charge in [0.25, 0.3) is 0 Å². The molecule has 3 rings (SSSR count). The van der Waals surface area contributed by atoms with E-state index in [1.54, 1.807) is 42.2 Å². The van der Waals surface area contributed by atoms with Crippen molar-refractivity contribution in [3.05, 3.63) is 46.7 Å². The molecule has 0 bridgehead atoms. The molecule has 9 heteroatoms. The molecule has 2 unspecified atom stereocenters. The molecular formula is C23H31N3O4S2. The number of carbonyl (C=O) groups is 2. The lowest BCUT2D eigenvalue weighted by Crippen LogP contribution is -2.37. The topological polar surface area (TPSA) is 86.8 Å². The zero-order valence-electron chi connectivity index (χ0n) is 18.9. The predicted molar refractivity (Wildman–Crippen MR) is 127 cm³/mol. The number of sulfonamides is 1. The molecule has 2 heterocycles. The first-order valence-electron chi connectivity index (χ1n) is 10.9. The predicted octanol–water partition coefficient (Wildman–Crippen LogP) is 3.65. The fourth-order valence-corrected chi connectivity index (χ4v) is 6.36. The number of carbonyl (C=O) groups excluding carboxylic acids is 2. The lowest BCUT2D eigenvalue weighted by atomic mass is 10.0. The van der Waals surface area contributed by atoms with Crippen LogP contribution in [-0.4, -0.2) is 44.2 Å². The monoisotopic (exact) mass is 477 g/mol. The van der Waals surface area contributed by atoms with Gasteiger partial charge in [-0.1, -0.05) is 33.8 Å². The van der Waals surface area contributed by atoms with Gasteiger partial charge < -0.3 is 10.2 Å². The van der Waals surface area contributed by atoms with Gasteiger partial charge in [-0.25, -0.2) is 8.42 Å². The van der Waals surface area contributed by atoms with Crippen molar-refractivity contribution >= 4 is 38.9 Å². The molecule has 1 aliphatic rings. The normalized spacial score (nSPS) is 17.9. The number of hydrogen-bond donors (Lipinski definition) is 1. The highest BCUT2D eigenvalue weighted by molar-refractivity contribution is 7.89. The molecule has 0 radical (unpaired) electrons. The van der Waals surface area contributed by atoms with Gasteiger partial charge >= 0.3 is 0 Å². The summed E-state index contributed by atoms with van der Waals surface area (Å²) in [6.07, 6.45) is 0.139. The lowest BCUT2D eigenvalue weighted by molar-refractivity contribution is -0.127. The van der Waals surface area contributed by atoms with Crippen LogP contribution in [0.4, 0.5) is 5.69 Å². The van der Waals surface area contributed by atoms with Gasteiger partial charge in [-0.3, -0.25) is 9.59 Å². The Bertz CT molecular complexity index is 1030. The number of hydrogen-bond acceptors (Lipinski definition) is 5. The Hall–Kier alpha value is -2.23. The molecule has 1 aromatic carbocycles. The van der Waals surface area contributed by atoms with Crippen molar-refractivity contribution in [3.8, 4) is 0 Å². The molecular weight excluding hydrogens is 446 g/mol. The van der Waals surface area contributed by atoms with Crippen molar-refractivity contribution in [2.45, 2.75) is 45.1 Å². The Balaban J connectivity index is 1.71. The maximum Gasteiger partial charge on any atom is 0.243 e. The maximum atomic E-state index is 12.9. The molecule has 2 amide bonds. The number of nitrogens with zero attached hydrogens (tertiary/aromatic N) is 2. The first-order chi connectivity index (χ1) is 15.2. The molecule has 1 fully saturated rings. The van der Waals surface area contributed by atoms with Crippen molar-refractivity contribution in [2.75, 3.05) is 24.5 Å². The zero-order chi connectivity index (χ0) is 23.5. The smallest absolute Gasteiger partial charge is 0.243 e. The van der Waals surface area contributed by atoms with Crippen LogP contribution in [0.3, 0.4) is 0 Å². The molecule has 1 saturated heterocycles. The molecule has 2 aromatic rings. The largest absolute Gasteiger partial charge is 0.348 e. The molecule has 0 spiro atoms. The number of anilines is 1. The first-order valence-corrected chi connectivity index (χ1v) is 13.2. The second-order valence-corrected chi connectivity index (χ2v) is 11.2. The Morgan fingerprint density at radius 1 is 1.19 bits per heavy atom. The molecule has 174 valence electrons. The number of rotatable bonds is 9. The minimum atomic E-state index is -3.56. The summed E-state index contributed by atoms with van der Waals surface area (Å²) in [5.41, 5.74) is 0.600. The van der Waals surface area contributed by atoms with Gasteiger partial charge in [0.1, 0.15) is 0 Å². The van der Waals surface area contributed by atoms with Crippen molar-refractivity contribution in [1.29, 1.82) is 0 Å². The minimum Gasteiger partial charge on any atom is -0.348 e. The Kier molecular flexibility index (Phi) is 7.74. The average molecular weight is 478 g/mol. The fraction of sp³-hybridized carbons (Fsp3) is 0.478. The summed E-state index contributed by atoms with van der Waals surface area (Å²) in [7, 11) is -3.56. The number of benzene rings is 1. The van der Waals surface area contributed by atoms with E-state index in [1.807, 2.05) is 17.5 Å². The minimum absolute atomic E-state index is 0.0868. The molecule has 32 heavy (non-hydrogen) atoms. The van der Waals surface area contributed by atoms with Crippen LogP contribution in [0.2, 0.25) is 0 Å². The zero-order valence-corrected chi connectivity index (χ0v) is 20.6. The third kappa shape index (κ3) is 5.05. The first kappa shape index (κ1) is 24.4. The van der Waals surface area contributed by atoms with Crippen molar-refractivity contribution < 1.29 is 18.0 Å². The van der Waals surface area contributed by atoms with Crippen molar-refractivity contribution in [3.63, 3.8) is 0 Å². The van der Waals surface area contributed by atoms with Gasteiger partial charge in [0.2, 0.25) is 21.8 Å². The molecule has 0 aliphatic carbocycles. The van der Waals surface area contributed by atoms with Gasteiger partial charge in [-0.2, -0.15) is 4.31 Å². The van der Waals surface area contributed by atoms with Gasteiger partial charge in [0, 0.05) is 36.6 Å². The second-order valence-electron chi connectivity index (χ2n) is 8.23. The summed E-state index contributed by atoms with van der Waals surface area (Å²) in [5, 5.41) is 5.10. The lowest BCUT2D eigenvalue weighted by Gasteiger charge is -2.23. The van der Waals surface area contributed by atoms with E-state index in [4.69, 9.17) is 0 Å². The van der Waals surface area contributed by atoms with E-state index in [1.165, 1.54) is 16.4 Å². The van der Waals surface area contributed by atoms with E-state index in [-0.39, 0.29) is 41.6 Å². The third-order valence-electron chi connectivity index (χ3n) is 5.80. The van der Waals surface area contributed by atoms with Crippen LogP contribution in [0.5, 0.6) is 0 Å². The fourth-order valence-electron chi connectivity index (χ4n) is 3.95. The van der Waals surface area contributed by atoms with Crippen LogP contribution in [0.15, 0.2) is 46.7 Å². The van der Waals surface area contributed by atoms with E-state index >= 15 is 0 Å². The Morgan fingerprint density at radius 2 is 1.84 bits per heavy atom. The summed E-state index contributed by atoms with van der Waals surface area (Å²) >= 11 is 1.61. The van der Waals surface area contributed by atoms with Crippen LogP contribution in [0, 0.1) is 11.8 Å². The molecule has 7 nitrogen and oxygen atoms in total. The van der Waals surface area contributed by atoms with Crippen molar-refractivity contribution in [2.24, 2.45) is 11.8 Å². The number of nitrogens with one attached hydrogen (secondary N) is 1. The van der Waals surface area contributed by atoms with E-state index in [0.717, 1.165) is 4.88 Å². The highest BCUT2D eigenvalue weighted by Crippen LogP contribution is 2.30. The van der Waals surface area contributed by atoms with E-state index in [0.29, 0.717) is 18.8 Å². The molecule has 1 aromatic heterocycles. The number of thiophene rings is 1. The van der Waals surface area contributed by atoms with Gasteiger partial charge in [0.15, 0.2) is 0 Å². The van der Waals surface area contributed by atoms with Gasteiger partial charge in [-0.15, -0.1) is 11.3 Å². The highest BCUT2D eigenvalue weighted by Gasteiger charge is 2.36. The third-order valence-corrected chi connectivity index (χ3v) is 8.82. The van der Waals surface area contributed by atoms with Crippen LogP contribution in [0.25, 0.3) is 0 Å². The summed E-state index contributed by atoms with van der Waals surface area (Å²) in [4.78, 5) is 28.4. The summed E-state index contributed by atoms with van der Waals surface area (Å²) in [5.74, 6) is -0.482. The summed E-state index contributed by atoms with van der Waals surface area (Å²) in [6.45, 7) is 8.78. The molecule has 1 aliphatic heterocycles. The molecule has 0 saturated carbocycles. The highest BCUT2D eigenvalue weighted by atomic mass is 32.2. The molecule has 1 N–H and O–H groups in total. The SMILES string of the molecule is CCN(CC)S(=O)(=O)c1ccc(N2CC(C(=O)NC(c3cccs3)C(C)C)CC2=O)cc1. The van der Waals surface area contributed by atoms with Crippen molar-refractivity contribution in [1.82, 2.24) is 9.62 Å². The Morgan fingerprint density at radius 3 is 2.38 bits per heavy atom. The molecule has 2 atom stereocenters. The second kappa shape index (κ2) is 10.1.